The smallest absolute Gasteiger partial charge is 0.246 e. The standard InChI is InChI=1S/C19H14O2.C17H19N5O/c1-11-12-6-7-15-13-4-2-3-5-16(13)19(21)10-17(15)14(12)8-9-18(11)20;1-12(2)13-4-6-14(7-5-13)21(3)16(23)9-22-11-20-17-15(22)8-18-10-19-17/h2-8,10-11H,9H2,1H3;4-8,10-12H,9H2,1-3H3. The summed E-state index contributed by atoms with van der Waals surface area (Å²) in [7, 11) is 1.78. The fraction of sp³-hybridized carbons (Fsp3) is 0.222. The minimum absolute atomic E-state index is 0.0227. The molecule has 44 heavy (non-hydrogen) atoms. The molecule has 2 heterocycles. The van der Waals surface area contributed by atoms with Gasteiger partial charge in [-0.1, -0.05) is 75.4 Å². The molecule has 2 aromatic heterocycles. The van der Waals surface area contributed by atoms with Crippen LogP contribution in [0.4, 0.5) is 5.69 Å². The summed E-state index contributed by atoms with van der Waals surface area (Å²) < 4.78 is 1.76. The van der Waals surface area contributed by atoms with E-state index >= 15 is 0 Å². The predicted octanol–water partition coefficient (Wildman–Crippen LogP) is 4.80. The Morgan fingerprint density at radius 2 is 1.70 bits per heavy atom. The van der Waals surface area contributed by atoms with Crippen LogP contribution in [0.25, 0.3) is 34.4 Å². The van der Waals surface area contributed by atoms with Crippen molar-refractivity contribution in [3.63, 3.8) is 0 Å². The maximum atomic E-state index is 12.5. The minimum Gasteiger partial charge on any atom is -0.318 e. The van der Waals surface area contributed by atoms with Gasteiger partial charge in [-0.3, -0.25) is 14.4 Å². The predicted molar refractivity (Wildman–Crippen MR) is 172 cm³/mol. The molecular weight excluding hydrogens is 550 g/mol. The molecule has 220 valence electrons. The van der Waals surface area contributed by atoms with Gasteiger partial charge in [-0.25, -0.2) is 15.0 Å². The average Bonchev–Trinajstić information content (AvgIpc) is 3.45. The Kier molecular flexibility index (Phi) is 7.74. The van der Waals surface area contributed by atoms with E-state index in [-0.39, 0.29) is 29.9 Å². The van der Waals surface area contributed by atoms with Crippen molar-refractivity contribution >= 4 is 46.5 Å². The number of nitrogens with zero attached hydrogens (tertiary/aromatic N) is 5. The Balaban J connectivity index is 0.000000156. The van der Waals surface area contributed by atoms with E-state index in [1.807, 2.05) is 61.5 Å². The van der Waals surface area contributed by atoms with Crippen molar-refractivity contribution in [2.75, 3.05) is 11.9 Å². The van der Waals surface area contributed by atoms with Crippen LogP contribution in [0.1, 0.15) is 60.5 Å². The van der Waals surface area contributed by atoms with Crippen molar-refractivity contribution in [2.45, 2.75) is 45.6 Å². The van der Waals surface area contributed by atoms with Gasteiger partial charge >= 0.3 is 0 Å². The number of likely N-dealkylation sites (N-methyl/N-ethyl adjacent to an activating group) is 1. The molecule has 0 fully saturated rings. The van der Waals surface area contributed by atoms with Crippen molar-refractivity contribution < 1.29 is 14.4 Å². The molecule has 1 atom stereocenters. The van der Waals surface area contributed by atoms with Crippen molar-refractivity contribution in [3.05, 3.63) is 107 Å². The number of imidazole rings is 1. The maximum absolute atomic E-state index is 12.5. The molecule has 1 unspecified atom stereocenters. The number of benzene rings is 3. The van der Waals surface area contributed by atoms with Gasteiger partial charge < -0.3 is 9.47 Å². The number of anilines is 1. The molecule has 7 rings (SSSR count). The lowest BCUT2D eigenvalue weighted by Gasteiger charge is -2.20. The zero-order valence-electron chi connectivity index (χ0n) is 25.2. The van der Waals surface area contributed by atoms with Gasteiger partial charge in [0.15, 0.2) is 11.4 Å². The minimum atomic E-state index is -0.0871. The Labute approximate surface area is 255 Å². The van der Waals surface area contributed by atoms with Crippen molar-refractivity contribution in [1.82, 2.24) is 19.5 Å². The van der Waals surface area contributed by atoms with E-state index < -0.39 is 0 Å². The van der Waals surface area contributed by atoms with Crippen molar-refractivity contribution in [3.8, 4) is 11.1 Å². The normalized spacial score (nSPS) is 14.9. The summed E-state index contributed by atoms with van der Waals surface area (Å²) >= 11 is 0. The van der Waals surface area contributed by atoms with E-state index in [1.165, 1.54) is 11.9 Å². The summed E-state index contributed by atoms with van der Waals surface area (Å²) in [5, 5.41) is 2.03. The second-order valence-electron chi connectivity index (χ2n) is 11.5. The Morgan fingerprint density at radius 1 is 0.955 bits per heavy atom. The molecule has 3 aromatic carbocycles. The van der Waals surface area contributed by atoms with E-state index in [0.29, 0.717) is 18.0 Å². The second kappa shape index (κ2) is 11.8. The molecule has 2 aliphatic carbocycles. The van der Waals surface area contributed by atoms with E-state index in [0.717, 1.165) is 43.9 Å². The number of Topliss-reactive ketones (excluding diaryl/α,β-unsaturated/α-hetero) is 2. The van der Waals surface area contributed by atoms with Gasteiger partial charge in [0, 0.05) is 30.6 Å². The highest BCUT2D eigenvalue weighted by atomic mass is 16.2. The van der Waals surface area contributed by atoms with Gasteiger partial charge in [0.25, 0.3) is 0 Å². The van der Waals surface area contributed by atoms with Crippen LogP contribution in [-0.4, -0.2) is 44.0 Å². The number of carbonyl (C=O) groups is 3. The molecule has 8 heteroatoms. The molecular formula is C36H33N5O3. The number of ketones is 2. The summed E-state index contributed by atoms with van der Waals surface area (Å²) in [6.07, 6.45) is 8.87. The van der Waals surface area contributed by atoms with Gasteiger partial charge in [0.1, 0.15) is 24.2 Å². The molecule has 0 saturated heterocycles. The monoisotopic (exact) mass is 583 g/mol. The van der Waals surface area contributed by atoms with Crippen LogP contribution >= 0.6 is 0 Å². The fourth-order valence-electron chi connectivity index (χ4n) is 5.75. The van der Waals surface area contributed by atoms with Crippen LogP contribution in [0, 0.1) is 0 Å². The maximum Gasteiger partial charge on any atom is 0.246 e. The first kappa shape index (κ1) is 28.9. The zero-order valence-corrected chi connectivity index (χ0v) is 25.2. The van der Waals surface area contributed by atoms with E-state index in [9.17, 15) is 14.4 Å². The summed E-state index contributed by atoms with van der Waals surface area (Å²) in [4.78, 5) is 50.6. The first-order chi connectivity index (χ1) is 21.2. The Bertz CT molecular complexity index is 2040. The van der Waals surface area contributed by atoms with Gasteiger partial charge in [0.2, 0.25) is 5.91 Å². The third-order valence-corrected chi connectivity index (χ3v) is 8.46. The molecule has 0 aliphatic heterocycles. The quantitative estimate of drug-likeness (QED) is 0.302. The Hall–Kier alpha value is -5.24. The van der Waals surface area contributed by atoms with Crippen molar-refractivity contribution in [2.24, 2.45) is 0 Å². The topological polar surface area (TPSA) is 98.1 Å². The van der Waals surface area contributed by atoms with Gasteiger partial charge in [-0.15, -0.1) is 0 Å². The second-order valence-corrected chi connectivity index (χ2v) is 11.5. The summed E-state index contributed by atoms with van der Waals surface area (Å²) in [6.45, 7) is 6.44. The Morgan fingerprint density at radius 3 is 2.45 bits per heavy atom. The molecule has 0 N–H and O–H groups in total. The zero-order chi connectivity index (χ0) is 31.0. The van der Waals surface area contributed by atoms with Gasteiger partial charge in [-0.05, 0) is 56.8 Å². The number of rotatable bonds is 4. The van der Waals surface area contributed by atoms with E-state index in [2.05, 4.69) is 40.9 Å². The van der Waals surface area contributed by atoms with Crippen LogP contribution in [0.3, 0.4) is 0 Å². The highest BCUT2D eigenvalue weighted by Crippen LogP contribution is 2.26. The summed E-state index contributed by atoms with van der Waals surface area (Å²) in [5.41, 5.74) is 7.34. The fourth-order valence-corrected chi connectivity index (χ4v) is 5.75. The summed E-state index contributed by atoms with van der Waals surface area (Å²) in [6, 6.07) is 19.8. The lowest BCUT2D eigenvalue weighted by molar-refractivity contribution is -0.119. The first-order valence-electron chi connectivity index (χ1n) is 14.7. The average molecular weight is 584 g/mol. The lowest BCUT2D eigenvalue weighted by Crippen LogP contribution is -2.38. The van der Waals surface area contributed by atoms with E-state index in [4.69, 9.17) is 0 Å². The number of hydrogen-bond acceptors (Lipinski definition) is 6. The molecule has 0 bridgehead atoms. The first-order valence-corrected chi connectivity index (χ1v) is 14.7. The van der Waals surface area contributed by atoms with Crippen LogP contribution < -0.4 is 15.3 Å². The lowest BCUT2D eigenvalue weighted by atomic mass is 9.82. The van der Waals surface area contributed by atoms with Crippen LogP contribution in [-0.2, 0) is 16.1 Å². The number of aromatic nitrogens is 4. The number of fused-ring (bicyclic) bond motifs is 6. The molecule has 1 amide bonds. The highest BCUT2D eigenvalue weighted by Gasteiger charge is 2.23. The SMILES string of the molecule is CC(C)c1ccc(N(C)C(=O)Cn2cnc3ncncc32)cc1.CC1C(=O)CC=c2c1ccc1c2=CC(=O)c2ccccc2-1. The summed E-state index contributed by atoms with van der Waals surface area (Å²) in [5.74, 6) is 0.651. The largest absolute Gasteiger partial charge is 0.318 e. The van der Waals surface area contributed by atoms with Crippen LogP contribution in [0.5, 0.6) is 0 Å². The highest BCUT2D eigenvalue weighted by molar-refractivity contribution is 6.22. The van der Waals surface area contributed by atoms with E-state index in [1.54, 1.807) is 35.1 Å². The van der Waals surface area contributed by atoms with Crippen LogP contribution in [0.2, 0.25) is 0 Å². The molecule has 0 spiro atoms. The molecule has 0 saturated carbocycles. The number of carbonyl (C=O) groups excluding carboxylic acids is 3. The third-order valence-electron chi connectivity index (χ3n) is 8.46. The van der Waals surface area contributed by atoms with Gasteiger partial charge in [0.05, 0.1) is 12.5 Å². The van der Waals surface area contributed by atoms with Crippen molar-refractivity contribution in [1.29, 1.82) is 0 Å². The molecule has 8 nitrogen and oxygen atoms in total. The van der Waals surface area contributed by atoms with Crippen LogP contribution in [0.15, 0.2) is 79.5 Å². The molecule has 5 aromatic rings. The third kappa shape index (κ3) is 5.35. The molecule has 2 aliphatic rings. The van der Waals surface area contributed by atoms with Gasteiger partial charge in [-0.2, -0.15) is 0 Å². The number of hydrogen-bond donors (Lipinski definition) is 0. The number of amides is 1. The molecule has 0 radical (unpaired) electrons.